The highest BCUT2D eigenvalue weighted by molar-refractivity contribution is 5.93. The number of fused-ring (bicyclic) bond motifs is 1. The van der Waals surface area contributed by atoms with Gasteiger partial charge in [0.2, 0.25) is 0 Å². The Balaban J connectivity index is 2.18. The van der Waals surface area contributed by atoms with Gasteiger partial charge >= 0.3 is 5.97 Å². The van der Waals surface area contributed by atoms with Gasteiger partial charge in [0.15, 0.2) is 5.69 Å². The van der Waals surface area contributed by atoms with Crippen LogP contribution in [-0.4, -0.2) is 27.3 Å². The Morgan fingerprint density at radius 3 is 2.76 bits per heavy atom. The number of ether oxygens (including phenoxy) is 1. The zero-order valence-electron chi connectivity index (χ0n) is 11.9. The molecule has 2 heterocycles. The fourth-order valence-electron chi connectivity index (χ4n) is 2.26. The summed E-state index contributed by atoms with van der Waals surface area (Å²) in [5, 5.41) is 5.32. The van der Waals surface area contributed by atoms with Crippen molar-refractivity contribution in [1.82, 2.24) is 14.8 Å². The summed E-state index contributed by atoms with van der Waals surface area (Å²) in [6.45, 7) is 3.97. The molecule has 21 heavy (non-hydrogen) atoms. The van der Waals surface area contributed by atoms with Crippen molar-refractivity contribution >= 4 is 16.9 Å². The molecule has 0 aliphatic carbocycles. The fourth-order valence-corrected chi connectivity index (χ4v) is 2.26. The second-order valence-corrected chi connectivity index (χ2v) is 4.64. The van der Waals surface area contributed by atoms with E-state index in [0.717, 1.165) is 22.3 Å². The summed E-state index contributed by atoms with van der Waals surface area (Å²) in [6.07, 6.45) is 1.76. The first-order valence-electron chi connectivity index (χ1n) is 6.78. The van der Waals surface area contributed by atoms with Crippen LogP contribution in [0.2, 0.25) is 0 Å². The van der Waals surface area contributed by atoms with Crippen molar-refractivity contribution in [2.75, 3.05) is 6.61 Å². The summed E-state index contributed by atoms with van der Waals surface area (Å²) in [6, 6.07) is 11.5. The molecule has 0 radical (unpaired) electrons. The van der Waals surface area contributed by atoms with E-state index in [-0.39, 0.29) is 0 Å². The van der Waals surface area contributed by atoms with Gasteiger partial charge in [0.25, 0.3) is 0 Å². The molecule has 0 spiro atoms. The third-order valence-corrected chi connectivity index (χ3v) is 3.24. The van der Waals surface area contributed by atoms with Gasteiger partial charge in [-0.05, 0) is 32.0 Å². The number of aromatic nitrogens is 3. The molecule has 1 aromatic carbocycles. The molecular formula is C16H15N3O2. The molecule has 0 atom stereocenters. The number of rotatable bonds is 3. The molecule has 2 aromatic heterocycles. The minimum atomic E-state index is -0.414. The van der Waals surface area contributed by atoms with Gasteiger partial charge in [0.1, 0.15) is 0 Å². The van der Waals surface area contributed by atoms with Crippen LogP contribution < -0.4 is 0 Å². The first-order chi connectivity index (χ1) is 10.2. The number of aryl methyl sites for hydroxylation is 1. The van der Waals surface area contributed by atoms with E-state index in [2.05, 4.69) is 10.1 Å². The SMILES string of the molecule is CCOC(=O)c1cc2c(cnn2-c2ccccc2)c(C)n1. The summed E-state index contributed by atoms with van der Waals surface area (Å²) in [4.78, 5) is 16.2. The summed E-state index contributed by atoms with van der Waals surface area (Å²) in [5.41, 5.74) is 2.85. The zero-order chi connectivity index (χ0) is 14.8. The quantitative estimate of drug-likeness (QED) is 0.693. The van der Waals surface area contributed by atoms with Gasteiger partial charge in [-0.25, -0.2) is 14.5 Å². The second-order valence-electron chi connectivity index (χ2n) is 4.64. The third-order valence-electron chi connectivity index (χ3n) is 3.24. The van der Waals surface area contributed by atoms with Crippen molar-refractivity contribution in [1.29, 1.82) is 0 Å². The number of pyridine rings is 1. The summed E-state index contributed by atoms with van der Waals surface area (Å²) < 4.78 is 6.82. The molecule has 0 saturated heterocycles. The third kappa shape index (κ3) is 2.38. The monoisotopic (exact) mass is 281 g/mol. The van der Waals surface area contributed by atoms with E-state index in [1.807, 2.05) is 37.3 Å². The number of para-hydroxylation sites is 1. The molecular weight excluding hydrogens is 266 g/mol. The van der Waals surface area contributed by atoms with E-state index < -0.39 is 5.97 Å². The average Bonchev–Trinajstić information content (AvgIpc) is 2.93. The first-order valence-corrected chi connectivity index (χ1v) is 6.78. The molecule has 3 aromatic rings. The van der Waals surface area contributed by atoms with E-state index >= 15 is 0 Å². The van der Waals surface area contributed by atoms with Gasteiger partial charge in [0, 0.05) is 11.1 Å². The highest BCUT2D eigenvalue weighted by Gasteiger charge is 2.14. The van der Waals surface area contributed by atoms with E-state index in [9.17, 15) is 4.79 Å². The minimum Gasteiger partial charge on any atom is -0.461 e. The molecule has 0 N–H and O–H groups in total. The molecule has 0 bridgehead atoms. The number of nitrogens with zero attached hydrogens (tertiary/aromatic N) is 3. The highest BCUT2D eigenvalue weighted by atomic mass is 16.5. The average molecular weight is 281 g/mol. The second kappa shape index (κ2) is 5.36. The fraction of sp³-hybridized carbons (Fsp3) is 0.188. The smallest absolute Gasteiger partial charge is 0.356 e. The van der Waals surface area contributed by atoms with Crippen LogP contribution >= 0.6 is 0 Å². The maximum absolute atomic E-state index is 11.9. The highest BCUT2D eigenvalue weighted by Crippen LogP contribution is 2.21. The molecule has 0 unspecified atom stereocenters. The molecule has 106 valence electrons. The van der Waals surface area contributed by atoms with Gasteiger partial charge in [-0.2, -0.15) is 5.10 Å². The van der Waals surface area contributed by atoms with E-state index in [1.54, 1.807) is 23.9 Å². The maximum atomic E-state index is 11.9. The Bertz CT molecular complexity index is 794. The van der Waals surface area contributed by atoms with Crippen molar-refractivity contribution in [2.45, 2.75) is 13.8 Å². The molecule has 0 saturated carbocycles. The number of hydrogen-bond donors (Lipinski definition) is 0. The number of carbonyl (C=O) groups excluding carboxylic acids is 1. The topological polar surface area (TPSA) is 57.0 Å². The molecule has 5 heteroatoms. The molecule has 3 rings (SSSR count). The number of benzene rings is 1. The minimum absolute atomic E-state index is 0.305. The number of esters is 1. The van der Waals surface area contributed by atoms with Crippen LogP contribution in [0.15, 0.2) is 42.6 Å². The van der Waals surface area contributed by atoms with Gasteiger partial charge < -0.3 is 4.74 Å². The number of hydrogen-bond acceptors (Lipinski definition) is 4. The van der Waals surface area contributed by atoms with Crippen molar-refractivity contribution in [3.63, 3.8) is 0 Å². The van der Waals surface area contributed by atoms with Gasteiger partial charge in [-0.3, -0.25) is 0 Å². The van der Waals surface area contributed by atoms with Crippen LogP contribution in [0.3, 0.4) is 0 Å². The van der Waals surface area contributed by atoms with E-state index in [1.165, 1.54) is 0 Å². The summed E-state index contributed by atoms with van der Waals surface area (Å²) in [7, 11) is 0. The van der Waals surface area contributed by atoms with E-state index in [0.29, 0.717) is 12.3 Å². The van der Waals surface area contributed by atoms with Gasteiger partial charge in [-0.15, -0.1) is 0 Å². The van der Waals surface area contributed by atoms with Crippen molar-refractivity contribution < 1.29 is 9.53 Å². The predicted octanol–water partition coefficient (Wildman–Crippen LogP) is 2.91. The molecule has 0 amide bonds. The standard InChI is InChI=1S/C16H15N3O2/c1-3-21-16(20)14-9-15-13(11(2)18-14)10-17-19(15)12-7-5-4-6-8-12/h4-10H,3H2,1-2H3. The van der Waals surface area contributed by atoms with E-state index in [4.69, 9.17) is 4.74 Å². The lowest BCUT2D eigenvalue weighted by atomic mass is 10.2. The summed E-state index contributed by atoms with van der Waals surface area (Å²) in [5.74, 6) is -0.414. The zero-order valence-corrected chi connectivity index (χ0v) is 11.9. The normalized spacial score (nSPS) is 10.8. The van der Waals surface area contributed by atoms with Gasteiger partial charge in [0.05, 0.1) is 24.0 Å². The van der Waals surface area contributed by atoms with Crippen LogP contribution in [-0.2, 0) is 4.74 Å². The Labute approximate surface area is 122 Å². The lowest BCUT2D eigenvalue weighted by molar-refractivity contribution is 0.0519. The first kappa shape index (κ1) is 13.3. The summed E-state index contributed by atoms with van der Waals surface area (Å²) >= 11 is 0. The molecule has 0 aliphatic rings. The lowest BCUT2D eigenvalue weighted by Crippen LogP contribution is -2.08. The van der Waals surface area contributed by atoms with Gasteiger partial charge in [-0.1, -0.05) is 18.2 Å². The van der Waals surface area contributed by atoms with Crippen LogP contribution in [0.5, 0.6) is 0 Å². The molecule has 0 fully saturated rings. The van der Waals surface area contributed by atoms with Crippen molar-refractivity contribution in [3.05, 3.63) is 54.0 Å². The Morgan fingerprint density at radius 2 is 2.05 bits per heavy atom. The Hall–Kier alpha value is -2.69. The molecule has 0 aliphatic heterocycles. The largest absolute Gasteiger partial charge is 0.461 e. The van der Waals surface area contributed by atoms with Crippen molar-refractivity contribution in [3.8, 4) is 5.69 Å². The number of carbonyl (C=O) groups is 1. The van der Waals surface area contributed by atoms with Crippen LogP contribution in [0.4, 0.5) is 0 Å². The maximum Gasteiger partial charge on any atom is 0.356 e. The van der Waals surface area contributed by atoms with Crippen LogP contribution in [0.1, 0.15) is 23.1 Å². The van der Waals surface area contributed by atoms with Crippen LogP contribution in [0, 0.1) is 6.92 Å². The molecule has 5 nitrogen and oxygen atoms in total. The lowest BCUT2D eigenvalue weighted by Gasteiger charge is -2.06. The predicted molar refractivity (Wildman–Crippen MR) is 79.6 cm³/mol. The Kier molecular flexibility index (Phi) is 3.39. The Morgan fingerprint density at radius 1 is 1.29 bits per heavy atom. The van der Waals surface area contributed by atoms with Crippen molar-refractivity contribution in [2.24, 2.45) is 0 Å². The van der Waals surface area contributed by atoms with Crippen LogP contribution in [0.25, 0.3) is 16.6 Å².